The van der Waals surface area contributed by atoms with Gasteiger partial charge >= 0.3 is 0 Å². The summed E-state index contributed by atoms with van der Waals surface area (Å²) in [5.74, 6) is 0.461. The monoisotopic (exact) mass is 384 g/mol. The molecule has 1 atom stereocenters. The average molecular weight is 384 g/mol. The van der Waals surface area contributed by atoms with E-state index in [4.69, 9.17) is 10.5 Å². The Labute approximate surface area is 129 Å². The number of ether oxygens (including phenoxy) is 1. The molecule has 1 aromatic rings. The number of nitrogens with two attached hydrogens (primary N) is 1. The molecule has 0 spiro atoms. The molecule has 1 aromatic heterocycles. The SMILES string of the molecule is COCC(C)NC(N)=NCCc1ncc(C)s1.I. The molecule has 0 aliphatic rings. The van der Waals surface area contributed by atoms with Gasteiger partial charge in [-0.2, -0.15) is 0 Å². The molecule has 0 aromatic carbocycles. The minimum atomic E-state index is 0. The van der Waals surface area contributed by atoms with Gasteiger partial charge in [0.15, 0.2) is 5.96 Å². The fourth-order valence-electron chi connectivity index (χ4n) is 1.38. The van der Waals surface area contributed by atoms with Gasteiger partial charge in [0.2, 0.25) is 0 Å². The predicted molar refractivity (Wildman–Crippen MR) is 86.9 cm³/mol. The Hall–Kier alpha value is -0.410. The lowest BCUT2D eigenvalue weighted by molar-refractivity contribution is 0.179. The second-order valence-corrected chi connectivity index (χ2v) is 5.20. The first kappa shape index (κ1) is 17.6. The van der Waals surface area contributed by atoms with Gasteiger partial charge in [0.05, 0.1) is 11.6 Å². The maximum Gasteiger partial charge on any atom is 0.188 e. The summed E-state index contributed by atoms with van der Waals surface area (Å²) < 4.78 is 5.00. The molecule has 0 aliphatic heterocycles. The van der Waals surface area contributed by atoms with Crippen LogP contribution in [-0.2, 0) is 11.2 Å². The molecule has 104 valence electrons. The van der Waals surface area contributed by atoms with E-state index in [1.807, 2.05) is 20.0 Å². The highest BCUT2D eigenvalue weighted by Crippen LogP contribution is 2.11. The van der Waals surface area contributed by atoms with E-state index in [-0.39, 0.29) is 30.0 Å². The van der Waals surface area contributed by atoms with Gasteiger partial charge in [-0.15, -0.1) is 35.3 Å². The molecule has 0 aliphatic carbocycles. The van der Waals surface area contributed by atoms with Crippen molar-refractivity contribution in [3.63, 3.8) is 0 Å². The van der Waals surface area contributed by atoms with Crippen molar-refractivity contribution in [1.29, 1.82) is 0 Å². The number of aromatic nitrogens is 1. The van der Waals surface area contributed by atoms with Gasteiger partial charge in [-0.05, 0) is 13.8 Å². The summed E-state index contributed by atoms with van der Waals surface area (Å²) in [6, 6.07) is 0.172. The van der Waals surface area contributed by atoms with Gasteiger partial charge in [-0.1, -0.05) is 0 Å². The number of nitrogens with zero attached hydrogens (tertiary/aromatic N) is 2. The van der Waals surface area contributed by atoms with E-state index in [0.29, 0.717) is 19.1 Å². The zero-order valence-corrected chi connectivity index (χ0v) is 14.1. The standard InChI is InChI=1S/C11H20N4OS.HI/c1-8(7-16-3)15-11(12)13-5-4-10-14-6-9(2)17-10;/h6,8H,4-5,7H2,1-3H3,(H3,12,13,15);1H. The minimum Gasteiger partial charge on any atom is -0.383 e. The lowest BCUT2D eigenvalue weighted by atomic mass is 10.4. The molecule has 5 nitrogen and oxygen atoms in total. The molecule has 18 heavy (non-hydrogen) atoms. The zero-order valence-electron chi connectivity index (χ0n) is 11.0. The molecule has 0 saturated heterocycles. The molecular weight excluding hydrogens is 363 g/mol. The van der Waals surface area contributed by atoms with Crippen LogP contribution in [0.1, 0.15) is 16.8 Å². The Morgan fingerprint density at radius 2 is 2.39 bits per heavy atom. The van der Waals surface area contributed by atoms with Crippen molar-refractivity contribution in [3.05, 3.63) is 16.1 Å². The van der Waals surface area contributed by atoms with E-state index in [9.17, 15) is 0 Å². The van der Waals surface area contributed by atoms with Gasteiger partial charge in [-0.25, -0.2) is 4.98 Å². The Morgan fingerprint density at radius 3 is 2.94 bits per heavy atom. The topological polar surface area (TPSA) is 72.5 Å². The third-order valence-electron chi connectivity index (χ3n) is 2.09. The molecule has 0 fully saturated rings. The average Bonchev–Trinajstić information content (AvgIpc) is 2.64. The third-order valence-corrected chi connectivity index (χ3v) is 3.06. The van der Waals surface area contributed by atoms with Crippen LogP contribution in [0.15, 0.2) is 11.2 Å². The van der Waals surface area contributed by atoms with Crippen molar-refractivity contribution in [1.82, 2.24) is 10.3 Å². The lowest BCUT2D eigenvalue weighted by Gasteiger charge is -2.12. The molecule has 0 amide bonds. The minimum absolute atomic E-state index is 0. The van der Waals surface area contributed by atoms with E-state index in [1.165, 1.54) is 4.88 Å². The van der Waals surface area contributed by atoms with Crippen LogP contribution in [0, 0.1) is 6.92 Å². The van der Waals surface area contributed by atoms with Gasteiger partial charge in [0.1, 0.15) is 0 Å². The number of rotatable bonds is 6. The summed E-state index contributed by atoms with van der Waals surface area (Å²) in [7, 11) is 1.66. The van der Waals surface area contributed by atoms with Gasteiger partial charge in [0, 0.05) is 37.2 Å². The van der Waals surface area contributed by atoms with Crippen molar-refractivity contribution in [3.8, 4) is 0 Å². The number of aliphatic imine (C=N–C) groups is 1. The molecule has 1 heterocycles. The van der Waals surface area contributed by atoms with Gasteiger partial charge in [0.25, 0.3) is 0 Å². The Kier molecular flexibility index (Phi) is 9.29. The number of halogens is 1. The largest absolute Gasteiger partial charge is 0.383 e. The first-order valence-electron chi connectivity index (χ1n) is 5.58. The van der Waals surface area contributed by atoms with Crippen molar-refractivity contribution < 1.29 is 4.74 Å². The second kappa shape index (κ2) is 9.51. The maximum absolute atomic E-state index is 5.74. The summed E-state index contributed by atoms with van der Waals surface area (Å²) >= 11 is 1.70. The fraction of sp³-hybridized carbons (Fsp3) is 0.636. The molecule has 3 N–H and O–H groups in total. The van der Waals surface area contributed by atoms with E-state index in [0.717, 1.165) is 11.4 Å². The number of thiazole rings is 1. The van der Waals surface area contributed by atoms with Crippen LogP contribution in [-0.4, -0.2) is 37.2 Å². The summed E-state index contributed by atoms with van der Waals surface area (Å²) in [6.07, 6.45) is 2.71. The van der Waals surface area contributed by atoms with Crippen molar-refractivity contribution in [2.75, 3.05) is 20.3 Å². The highest BCUT2D eigenvalue weighted by atomic mass is 127. The van der Waals surface area contributed by atoms with Crippen LogP contribution >= 0.6 is 35.3 Å². The quantitative estimate of drug-likeness (QED) is 0.444. The van der Waals surface area contributed by atoms with Gasteiger partial charge in [-0.3, -0.25) is 4.99 Å². The molecular formula is C11H21IN4OS. The Morgan fingerprint density at radius 1 is 1.67 bits per heavy atom. The number of methoxy groups -OCH3 is 1. The number of hydrogen-bond acceptors (Lipinski definition) is 4. The molecule has 0 bridgehead atoms. The second-order valence-electron chi connectivity index (χ2n) is 3.88. The molecule has 1 unspecified atom stereocenters. The maximum atomic E-state index is 5.74. The van der Waals surface area contributed by atoms with Crippen LogP contribution in [0.4, 0.5) is 0 Å². The third kappa shape index (κ3) is 7.12. The normalized spacial score (nSPS) is 12.9. The van der Waals surface area contributed by atoms with E-state index in [1.54, 1.807) is 18.4 Å². The van der Waals surface area contributed by atoms with E-state index >= 15 is 0 Å². The molecule has 0 saturated carbocycles. The summed E-state index contributed by atoms with van der Waals surface area (Å²) in [6.45, 7) is 5.32. The summed E-state index contributed by atoms with van der Waals surface area (Å²) in [4.78, 5) is 9.74. The highest BCUT2D eigenvalue weighted by molar-refractivity contribution is 14.0. The first-order chi connectivity index (χ1) is 8.11. The number of aryl methyl sites for hydroxylation is 1. The van der Waals surface area contributed by atoms with E-state index in [2.05, 4.69) is 15.3 Å². The zero-order chi connectivity index (χ0) is 12.7. The number of guanidine groups is 1. The lowest BCUT2D eigenvalue weighted by Crippen LogP contribution is -2.40. The Bertz CT molecular complexity index is 370. The Balaban J connectivity index is 0.00000289. The smallest absolute Gasteiger partial charge is 0.188 e. The predicted octanol–water partition coefficient (Wildman–Crippen LogP) is 1.55. The highest BCUT2D eigenvalue weighted by Gasteiger charge is 2.02. The number of nitrogens with one attached hydrogen (secondary N) is 1. The van der Waals surface area contributed by atoms with Crippen molar-refractivity contribution in [2.24, 2.45) is 10.7 Å². The first-order valence-corrected chi connectivity index (χ1v) is 6.40. The van der Waals surface area contributed by atoms with Crippen molar-refractivity contribution >= 4 is 41.3 Å². The molecule has 0 radical (unpaired) electrons. The van der Waals surface area contributed by atoms with Crippen molar-refractivity contribution in [2.45, 2.75) is 26.3 Å². The fourth-order valence-corrected chi connectivity index (χ4v) is 2.15. The van der Waals surface area contributed by atoms with Crippen LogP contribution < -0.4 is 11.1 Å². The summed E-state index contributed by atoms with van der Waals surface area (Å²) in [5.41, 5.74) is 5.74. The van der Waals surface area contributed by atoms with Crippen LogP contribution in [0.3, 0.4) is 0 Å². The molecule has 7 heteroatoms. The number of hydrogen-bond donors (Lipinski definition) is 2. The summed E-state index contributed by atoms with van der Waals surface area (Å²) in [5, 5.41) is 4.16. The van der Waals surface area contributed by atoms with Crippen LogP contribution in [0.5, 0.6) is 0 Å². The molecule has 1 rings (SSSR count). The van der Waals surface area contributed by atoms with Crippen LogP contribution in [0.2, 0.25) is 0 Å². The van der Waals surface area contributed by atoms with E-state index < -0.39 is 0 Å². The van der Waals surface area contributed by atoms with Crippen LogP contribution in [0.25, 0.3) is 0 Å². The van der Waals surface area contributed by atoms with Gasteiger partial charge < -0.3 is 15.8 Å².